The number of hydrogen-bond donors (Lipinski definition) is 2. The Morgan fingerprint density at radius 2 is 2.06 bits per heavy atom. The van der Waals surface area contributed by atoms with E-state index in [2.05, 4.69) is 37.4 Å². The van der Waals surface area contributed by atoms with Crippen LogP contribution in [-0.4, -0.2) is 18.3 Å². The summed E-state index contributed by atoms with van der Waals surface area (Å²) in [5, 5.41) is 12.8. The summed E-state index contributed by atoms with van der Waals surface area (Å²) in [7, 11) is 0. The Labute approximate surface area is 104 Å². The Hall–Kier alpha value is -1.02. The van der Waals surface area contributed by atoms with Crippen molar-refractivity contribution in [3.05, 3.63) is 29.3 Å². The van der Waals surface area contributed by atoms with Crippen molar-refractivity contribution in [3.63, 3.8) is 0 Å². The molecule has 94 valence electrons. The highest BCUT2D eigenvalue weighted by Crippen LogP contribution is 2.26. The topological polar surface area (TPSA) is 32.3 Å². The average molecular weight is 233 g/mol. The smallest absolute Gasteiger partial charge is 0.0501 e. The van der Waals surface area contributed by atoms with Gasteiger partial charge in [0.15, 0.2) is 0 Å². The summed E-state index contributed by atoms with van der Waals surface area (Å²) in [6.07, 6.45) is 4.73. The molecule has 1 unspecified atom stereocenters. The van der Waals surface area contributed by atoms with Crippen LogP contribution in [0.3, 0.4) is 0 Å². The molecule has 0 saturated carbocycles. The van der Waals surface area contributed by atoms with Gasteiger partial charge in [-0.2, -0.15) is 0 Å². The summed E-state index contributed by atoms with van der Waals surface area (Å²) in [6.45, 7) is 5.31. The normalized spacial score (nSPS) is 17.6. The fourth-order valence-electron chi connectivity index (χ4n) is 2.29. The fourth-order valence-corrected chi connectivity index (χ4v) is 2.29. The van der Waals surface area contributed by atoms with E-state index in [9.17, 15) is 5.11 Å². The van der Waals surface area contributed by atoms with Crippen LogP contribution in [0.5, 0.6) is 0 Å². The molecule has 2 N–H and O–H groups in total. The minimum atomic E-state index is -0.0149. The van der Waals surface area contributed by atoms with Gasteiger partial charge in [0.05, 0.1) is 6.61 Å². The van der Waals surface area contributed by atoms with E-state index >= 15 is 0 Å². The van der Waals surface area contributed by atoms with Gasteiger partial charge < -0.3 is 10.4 Å². The maximum absolute atomic E-state index is 9.38. The molecule has 0 radical (unpaired) electrons. The van der Waals surface area contributed by atoms with Crippen molar-refractivity contribution in [3.8, 4) is 0 Å². The van der Waals surface area contributed by atoms with Gasteiger partial charge in [-0.25, -0.2) is 0 Å². The standard InChI is InChI=1S/C15H23NO/c1-3-15(2,11-17)10-16-14-8-7-12-5-4-6-13(12)9-14/h7-9,16-17H,3-6,10-11H2,1-2H3. The number of benzene rings is 1. The highest BCUT2D eigenvalue weighted by atomic mass is 16.3. The van der Waals surface area contributed by atoms with Gasteiger partial charge >= 0.3 is 0 Å². The molecule has 2 rings (SSSR count). The number of aryl methyl sites for hydroxylation is 2. The first kappa shape index (κ1) is 12.4. The number of nitrogens with one attached hydrogen (secondary N) is 1. The Morgan fingerprint density at radius 1 is 1.29 bits per heavy atom. The Bertz CT molecular complexity index is 383. The van der Waals surface area contributed by atoms with Gasteiger partial charge in [0.25, 0.3) is 0 Å². The molecule has 0 saturated heterocycles. The lowest BCUT2D eigenvalue weighted by Gasteiger charge is -2.26. The number of fused-ring (bicyclic) bond motifs is 1. The molecule has 0 aromatic heterocycles. The number of aliphatic hydroxyl groups is 1. The van der Waals surface area contributed by atoms with E-state index in [4.69, 9.17) is 0 Å². The second-order valence-corrected chi connectivity index (χ2v) is 5.51. The molecule has 17 heavy (non-hydrogen) atoms. The molecule has 0 heterocycles. The monoisotopic (exact) mass is 233 g/mol. The fraction of sp³-hybridized carbons (Fsp3) is 0.600. The highest BCUT2D eigenvalue weighted by Gasteiger charge is 2.20. The Kier molecular flexibility index (Phi) is 3.72. The van der Waals surface area contributed by atoms with E-state index in [1.54, 1.807) is 0 Å². The van der Waals surface area contributed by atoms with Gasteiger partial charge in [-0.3, -0.25) is 0 Å². The molecule has 1 atom stereocenters. The predicted molar refractivity (Wildman–Crippen MR) is 72.4 cm³/mol. The van der Waals surface area contributed by atoms with Crippen molar-refractivity contribution in [2.45, 2.75) is 39.5 Å². The lowest BCUT2D eigenvalue weighted by molar-refractivity contribution is 0.149. The van der Waals surface area contributed by atoms with E-state index in [0.29, 0.717) is 0 Å². The predicted octanol–water partition coefficient (Wildman–Crippen LogP) is 3.00. The molecule has 0 spiro atoms. The van der Waals surface area contributed by atoms with Gasteiger partial charge in [0, 0.05) is 17.6 Å². The summed E-state index contributed by atoms with van der Waals surface area (Å²) in [5.41, 5.74) is 4.19. The van der Waals surface area contributed by atoms with Crippen LogP contribution in [0.15, 0.2) is 18.2 Å². The third kappa shape index (κ3) is 2.81. The van der Waals surface area contributed by atoms with Crippen LogP contribution in [0.25, 0.3) is 0 Å². The minimum Gasteiger partial charge on any atom is -0.396 e. The van der Waals surface area contributed by atoms with Crippen molar-refractivity contribution in [1.29, 1.82) is 0 Å². The van der Waals surface area contributed by atoms with Gasteiger partial charge in [-0.15, -0.1) is 0 Å². The van der Waals surface area contributed by atoms with E-state index in [1.165, 1.54) is 36.1 Å². The van der Waals surface area contributed by atoms with Crippen LogP contribution in [0, 0.1) is 5.41 Å². The first-order valence-corrected chi connectivity index (χ1v) is 6.63. The SMILES string of the molecule is CCC(C)(CO)CNc1ccc2c(c1)CCC2. The third-order valence-corrected chi connectivity index (χ3v) is 4.05. The summed E-state index contributed by atoms with van der Waals surface area (Å²) >= 11 is 0. The van der Waals surface area contributed by atoms with Crippen LogP contribution in [0.2, 0.25) is 0 Å². The van der Waals surface area contributed by atoms with Crippen LogP contribution in [0.1, 0.15) is 37.8 Å². The molecule has 2 heteroatoms. The van der Waals surface area contributed by atoms with E-state index in [1.807, 2.05) is 0 Å². The molecular formula is C15H23NO. The Balaban J connectivity index is 2.00. The molecule has 0 bridgehead atoms. The third-order valence-electron chi connectivity index (χ3n) is 4.05. The van der Waals surface area contributed by atoms with Crippen LogP contribution < -0.4 is 5.32 Å². The number of aliphatic hydroxyl groups excluding tert-OH is 1. The van der Waals surface area contributed by atoms with Crippen molar-refractivity contribution in [1.82, 2.24) is 0 Å². The first-order chi connectivity index (χ1) is 8.17. The van der Waals surface area contributed by atoms with E-state index < -0.39 is 0 Å². The number of hydrogen-bond acceptors (Lipinski definition) is 2. The molecule has 0 fully saturated rings. The van der Waals surface area contributed by atoms with Crippen molar-refractivity contribution >= 4 is 5.69 Å². The summed E-state index contributed by atoms with van der Waals surface area (Å²) in [5.74, 6) is 0. The van der Waals surface area contributed by atoms with Crippen molar-refractivity contribution in [2.24, 2.45) is 5.41 Å². The molecule has 1 aromatic carbocycles. The maximum atomic E-state index is 9.38. The summed E-state index contributed by atoms with van der Waals surface area (Å²) in [4.78, 5) is 0. The second kappa shape index (κ2) is 5.09. The van der Waals surface area contributed by atoms with Crippen LogP contribution in [0.4, 0.5) is 5.69 Å². The zero-order chi connectivity index (χ0) is 12.3. The number of rotatable bonds is 5. The van der Waals surface area contributed by atoms with E-state index in [0.717, 1.165) is 13.0 Å². The minimum absolute atomic E-state index is 0.0149. The molecular weight excluding hydrogens is 210 g/mol. The largest absolute Gasteiger partial charge is 0.396 e. The van der Waals surface area contributed by atoms with Gasteiger partial charge in [-0.1, -0.05) is 19.9 Å². The Morgan fingerprint density at radius 3 is 2.76 bits per heavy atom. The zero-order valence-corrected chi connectivity index (χ0v) is 10.9. The van der Waals surface area contributed by atoms with Crippen LogP contribution in [-0.2, 0) is 12.8 Å². The zero-order valence-electron chi connectivity index (χ0n) is 10.9. The quantitative estimate of drug-likeness (QED) is 0.819. The first-order valence-electron chi connectivity index (χ1n) is 6.63. The molecule has 0 aliphatic heterocycles. The van der Waals surface area contributed by atoms with Crippen molar-refractivity contribution in [2.75, 3.05) is 18.5 Å². The second-order valence-electron chi connectivity index (χ2n) is 5.51. The average Bonchev–Trinajstić information content (AvgIpc) is 2.83. The van der Waals surface area contributed by atoms with Gasteiger partial charge in [-0.05, 0) is 48.9 Å². The summed E-state index contributed by atoms with van der Waals surface area (Å²) in [6, 6.07) is 6.68. The lowest BCUT2D eigenvalue weighted by Crippen LogP contribution is -2.29. The van der Waals surface area contributed by atoms with Gasteiger partial charge in [0.1, 0.15) is 0 Å². The van der Waals surface area contributed by atoms with Crippen LogP contribution >= 0.6 is 0 Å². The number of anilines is 1. The van der Waals surface area contributed by atoms with E-state index in [-0.39, 0.29) is 12.0 Å². The maximum Gasteiger partial charge on any atom is 0.0501 e. The molecule has 1 aliphatic carbocycles. The molecule has 0 amide bonds. The highest BCUT2D eigenvalue weighted by molar-refractivity contribution is 5.50. The summed E-state index contributed by atoms with van der Waals surface area (Å²) < 4.78 is 0. The van der Waals surface area contributed by atoms with Crippen molar-refractivity contribution < 1.29 is 5.11 Å². The molecule has 1 aromatic rings. The molecule has 1 aliphatic rings. The lowest BCUT2D eigenvalue weighted by atomic mass is 9.88. The van der Waals surface area contributed by atoms with Gasteiger partial charge in [0.2, 0.25) is 0 Å². The molecule has 2 nitrogen and oxygen atoms in total.